The van der Waals surface area contributed by atoms with E-state index in [-0.39, 0.29) is 17.1 Å². The van der Waals surface area contributed by atoms with Gasteiger partial charge in [-0.1, -0.05) is 6.07 Å². The number of aliphatic imine (C=N–C) groups is 2. The van der Waals surface area contributed by atoms with E-state index >= 15 is 0 Å². The Morgan fingerprint density at radius 3 is 2.82 bits per heavy atom. The van der Waals surface area contributed by atoms with Crippen LogP contribution < -0.4 is 0 Å². The molecular formula is C15H15FN6. The van der Waals surface area contributed by atoms with Crippen LogP contribution in [0.2, 0.25) is 0 Å². The van der Waals surface area contributed by atoms with Gasteiger partial charge in [0.25, 0.3) is 0 Å². The Bertz CT molecular complexity index is 798. The van der Waals surface area contributed by atoms with Crippen LogP contribution in [0.15, 0.2) is 28.2 Å². The average molecular weight is 298 g/mol. The lowest BCUT2D eigenvalue weighted by molar-refractivity contribution is 0.636. The summed E-state index contributed by atoms with van der Waals surface area (Å²) in [6, 6.07) is 6.14. The molecule has 1 heterocycles. The summed E-state index contributed by atoms with van der Waals surface area (Å²) in [6.45, 7) is 6.65. The third-order valence-corrected chi connectivity index (χ3v) is 3.19. The van der Waals surface area contributed by atoms with Crippen molar-refractivity contribution in [3.05, 3.63) is 29.8 Å². The highest BCUT2D eigenvalue weighted by Gasteiger charge is 2.19. The zero-order chi connectivity index (χ0) is 16.3. The van der Waals surface area contributed by atoms with Crippen LogP contribution >= 0.6 is 0 Å². The Kier molecular flexibility index (Phi) is 4.41. The lowest BCUT2D eigenvalue weighted by atomic mass is 10.1. The minimum Gasteiger partial charge on any atom is -0.340 e. The number of halogens is 1. The molecule has 0 saturated heterocycles. The largest absolute Gasteiger partial charge is 0.340 e. The second-order valence-corrected chi connectivity index (χ2v) is 4.82. The summed E-state index contributed by atoms with van der Waals surface area (Å²) in [5.74, 6) is -0.645. The number of rotatable bonds is 4. The zero-order valence-corrected chi connectivity index (χ0v) is 12.3. The summed E-state index contributed by atoms with van der Waals surface area (Å²) in [6.07, 6.45) is 0. The number of nitrogens with zero attached hydrogens (tertiary/aromatic N) is 4. The van der Waals surface area contributed by atoms with Gasteiger partial charge in [0.2, 0.25) is 0 Å². The Morgan fingerprint density at radius 2 is 2.27 bits per heavy atom. The molecule has 1 aromatic heterocycles. The number of amidine groups is 1. The summed E-state index contributed by atoms with van der Waals surface area (Å²) >= 11 is 0. The highest BCUT2D eigenvalue weighted by molar-refractivity contribution is 6.08. The van der Waals surface area contributed by atoms with Gasteiger partial charge in [0.05, 0.1) is 11.6 Å². The second kappa shape index (κ2) is 6.26. The first kappa shape index (κ1) is 15.5. The smallest absolute Gasteiger partial charge is 0.151 e. The van der Waals surface area contributed by atoms with Crippen molar-refractivity contribution in [2.24, 2.45) is 15.9 Å². The predicted octanol–water partition coefficient (Wildman–Crippen LogP) is 3.04. The van der Waals surface area contributed by atoms with Crippen molar-refractivity contribution in [1.29, 1.82) is 10.7 Å². The first-order valence-electron chi connectivity index (χ1n) is 6.61. The van der Waals surface area contributed by atoms with Crippen LogP contribution in [0, 0.1) is 28.5 Å². The van der Waals surface area contributed by atoms with Crippen molar-refractivity contribution >= 4 is 29.3 Å². The summed E-state index contributed by atoms with van der Waals surface area (Å²) in [5.41, 5.74) is 0.953. The molecule has 6 nitrogen and oxygen atoms in total. The van der Waals surface area contributed by atoms with E-state index in [0.717, 1.165) is 0 Å². The van der Waals surface area contributed by atoms with Crippen LogP contribution in [0.4, 0.5) is 4.39 Å². The van der Waals surface area contributed by atoms with E-state index in [1.165, 1.54) is 13.0 Å². The minimum absolute atomic E-state index is 0.136. The van der Waals surface area contributed by atoms with E-state index in [0.29, 0.717) is 11.3 Å². The van der Waals surface area contributed by atoms with Crippen LogP contribution in [0.25, 0.3) is 11.0 Å². The minimum atomic E-state index is -0.846. The van der Waals surface area contributed by atoms with Crippen LogP contribution in [0.3, 0.4) is 0 Å². The lowest BCUT2D eigenvalue weighted by Gasteiger charge is -2.09. The molecule has 0 saturated carbocycles. The fourth-order valence-electron chi connectivity index (χ4n) is 2.03. The van der Waals surface area contributed by atoms with E-state index in [9.17, 15) is 4.39 Å². The van der Waals surface area contributed by atoms with Crippen molar-refractivity contribution < 1.29 is 4.39 Å². The first-order valence-corrected chi connectivity index (χ1v) is 6.61. The number of aromatic amines is 1. The Balaban J connectivity index is 2.40. The van der Waals surface area contributed by atoms with Crippen LogP contribution in [-0.4, -0.2) is 28.2 Å². The molecule has 7 heteroatoms. The maximum atomic E-state index is 13.7. The summed E-state index contributed by atoms with van der Waals surface area (Å²) < 4.78 is 13.7. The average Bonchev–Trinajstić information content (AvgIpc) is 2.92. The number of fused-ring (bicyclic) bond motifs is 1. The van der Waals surface area contributed by atoms with Crippen molar-refractivity contribution in [2.45, 2.75) is 19.9 Å². The molecule has 0 aliphatic rings. The van der Waals surface area contributed by atoms with E-state index in [2.05, 4.69) is 26.7 Å². The highest BCUT2D eigenvalue weighted by atomic mass is 19.1. The van der Waals surface area contributed by atoms with E-state index < -0.39 is 17.8 Å². The summed E-state index contributed by atoms with van der Waals surface area (Å²) in [7, 11) is 0. The highest BCUT2D eigenvalue weighted by Crippen LogP contribution is 2.21. The molecule has 0 aliphatic heterocycles. The molecule has 0 spiro atoms. The molecule has 22 heavy (non-hydrogen) atoms. The molecule has 2 rings (SSSR count). The van der Waals surface area contributed by atoms with Crippen molar-refractivity contribution in [1.82, 2.24) is 9.97 Å². The van der Waals surface area contributed by atoms with Gasteiger partial charge in [0.15, 0.2) is 5.82 Å². The third kappa shape index (κ3) is 2.91. The number of benzene rings is 1. The number of para-hydroxylation sites is 1. The molecule has 112 valence electrons. The van der Waals surface area contributed by atoms with Gasteiger partial charge in [0, 0.05) is 5.71 Å². The standard InChI is InChI=1S/C15H15FN6/c1-8(18)10(7-17)15(19-3)20-9(2)14-21-12-6-4-5-11(16)13(12)22-14/h4-6,9-10,18H,3H2,1-2H3,(H,21,22). The van der Waals surface area contributed by atoms with E-state index in [1.54, 1.807) is 19.1 Å². The molecule has 0 radical (unpaired) electrons. The number of imidazole rings is 1. The lowest BCUT2D eigenvalue weighted by Crippen LogP contribution is -2.19. The van der Waals surface area contributed by atoms with Crippen molar-refractivity contribution in [3.63, 3.8) is 0 Å². The zero-order valence-electron chi connectivity index (χ0n) is 12.3. The predicted molar refractivity (Wildman–Crippen MR) is 84.0 cm³/mol. The van der Waals surface area contributed by atoms with Gasteiger partial charge in [-0.05, 0) is 32.7 Å². The van der Waals surface area contributed by atoms with E-state index in [4.69, 9.17) is 10.7 Å². The Hall–Kier alpha value is -2.88. The van der Waals surface area contributed by atoms with Crippen molar-refractivity contribution in [2.75, 3.05) is 0 Å². The monoisotopic (exact) mass is 298 g/mol. The number of aromatic nitrogens is 2. The second-order valence-electron chi connectivity index (χ2n) is 4.82. The molecule has 0 bridgehead atoms. The normalized spacial score (nSPS) is 14.4. The molecule has 0 amide bonds. The SMILES string of the molecule is C=NC(=NC(C)c1nc2c(F)cccc2[nH]1)C(C#N)C(C)=N. The maximum absolute atomic E-state index is 13.7. The van der Waals surface area contributed by atoms with Crippen molar-refractivity contribution in [3.8, 4) is 6.07 Å². The van der Waals surface area contributed by atoms with Gasteiger partial charge < -0.3 is 10.4 Å². The van der Waals surface area contributed by atoms with Gasteiger partial charge in [-0.25, -0.2) is 14.4 Å². The molecule has 2 N–H and O–H groups in total. The third-order valence-electron chi connectivity index (χ3n) is 3.19. The molecule has 0 aliphatic carbocycles. The van der Waals surface area contributed by atoms with Gasteiger partial charge in [-0.15, -0.1) is 0 Å². The van der Waals surface area contributed by atoms with Gasteiger partial charge in [-0.2, -0.15) is 5.26 Å². The topological polar surface area (TPSA) is 101 Å². The van der Waals surface area contributed by atoms with Gasteiger partial charge in [-0.3, -0.25) is 4.99 Å². The van der Waals surface area contributed by atoms with Crippen LogP contribution in [0.5, 0.6) is 0 Å². The number of hydrogen-bond donors (Lipinski definition) is 2. The van der Waals surface area contributed by atoms with Gasteiger partial charge in [0.1, 0.15) is 29.1 Å². The quantitative estimate of drug-likeness (QED) is 0.669. The molecule has 2 unspecified atom stereocenters. The Morgan fingerprint density at radius 1 is 1.55 bits per heavy atom. The fraction of sp³-hybridized carbons (Fsp3) is 0.267. The fourth-order valence-corrected chi connectivity index (χ4v) is 2.03. The molecule has 2 aromatic rings. The summed E-state index contributed by atoms with van der Waals surface area (Å²) in [5, 5.41) is 16.7. The maximum Gasteiger partial charge on any atom is 0.151 e. The summed E-state index contributed by atoms with van der Waals surface area (Å²) in [4.78, 5) is 15.2. The number of hydrogen-bond acceptors (Lipinski definition) is 4. The first-order chi connectivity index (χ1) is 10.5. The number of H-pyrrole nitrogens is 1. The Labute approximate surface area is 126 Å². The van der Waals surface area contributed by atoms with Gasteiger partial charge >= 0.3 is 0 Å². The molecule has 2 atom stereocenters. The molecule has 0 fully saturated rings. The number of nitriles is 1. The molecule has 1 aromatic carbocycles. The van der Waals surface area contributed by atoms with Crippen LogP contribution in [-0.2, 0) is 0 Å². The number of nitrogens with one attached hydrogen (secondary N) is 2. The van der Waals surface area contributed by atoms with E-state index in [1.807, 2.05) is 6.07 Å². The van der Waals surface area contributed by atoms with Crippen LogP contribution in [0.1, 0.15) is 25.7 Å². The molecular weight excluding hydrogens is 283 g/mol.